The highest BCUT2D eigenvalue weighted by atomic mass is 16.5. The molecule has 3 aliphatic heterocycles. The Labute approximate surface area is 125 Å². The van der Waals surface area contributed by atoms with Crippen LogP contribution in [0.3, 0.4) is 0 Å². The van der Waals surface area contributed by atoms with E-state index in [1.54, 1.807) is 6.26 Å². The molecular weight excluding hydrogens is 268 g/mol. The van der Waals surface area contributed by atoms with Gasteiger partial charge in [-0.25, -0.2) is 0 Å². The SMILES string of the molecule is c1cc(CN2C[C@@H]3OCCN(CC4CCCO4)[C@@H]3C2)co1. The van der Waals surface area contributed by atoms with Crippen LogP contribution in [0, 0.1) is 0 Å². The smallest absolute Gasteiger partial charge is 0.0947 e. The molecule has 21 heavy (non-hydrogen) atoms. The molecule has 0 amide bonds. The van der Waals surface area contributed by atoms with Crippen LogP contribution in [0.5, 0.6) is 0 Å². The first-order valence-corrected chi connectivity index (χ1v) is 8.09. The first-order chi connectivity index (χ1) is 10.4. The Kier molecular flexibility index (Phi) is 3.99. The van der Waals surface area contributed by atoms with E-state index in [1.807, 2.05) is 12.3 Å². The Bertz CT molecular complexity index is 444. The van der Waals surface area contributed by atoms with Gasteiger partial charge in [0.1, 0.15) is 0 Å². The van der Waals surface area contributed by atoms with Crippen LogP contribution in [0.25, 0.3) is 0 Å². The fraction of sp³-hybridized carbons (Fsp3) is 0.750. The number of morpholine rings is 1. The summed E-state index contributed by atoms with van der Waals surface area (Å²) in [5.41, 5.74) is 1.25. The lowest BCUT2D eigenvalue weighted by Gasteiger charge is -2.38. The number of hydrogen-bond donors (Lipinski definition) is 0. The van der Waals surface area contributed by atoms with E-state index in [1.165, 1.54) is 18.4 Å². The number of furan rings is 1. The van der Waals surface area contributed by atoms with E-state index in [9.17, 15) is 0 Å². The monoisotopic (exact) mass is 292 g/mol. The van der Waals surface area contributed by atoms with Crippen molar-refractivity contribution in [3.8, 4) is 0 Å². The van der Waals surface area contributed by atoms with Gasteiger partial charge in [0.15, 0.2) is 0 Å². The summed E-state index contributed by atoms with van der Waals surface area (Å²) >= 11 is 0. The largest absolute Gasteiger partial charge is 0.472 e. The third-order valence-electron chi connectivity index (χ3n) is 4.94. The number of fused-ring (bicyclic) bond motifs is 1. The molecule has 3 atom stereocenters. The van der Waals surface area contributed by atoms with Crippen molar-refractivity contribution in [3.05, 3.63) is 24.2 Å². The molecule has 0 saturated carbocycles. The summed E-state index contributed by atoms with van der Waals surface area (Å²) in [4.78, 5) is 5.08. The molecule has 0 N–H and O–H groups in total. The lowest BCUT2D eigenvalue weighted by molar-refractivity contribution is -0.0615. The van der Waals surface area contributed by atoms with Crippen molar-refractivity contribution < 1.29 is 13.9 Å². The lowest BCUT2D eigenvalue weighted by Crippen LogP contribution is -2.52. The molecule has 0 aliphatic carbocycles. The Hall–Kier alpha value is -0.880. The maximum absolute atomic E-state index is 6.00. The van der Waals surface area contributed by atoms with E-state index in [-0.39, 0.29) is 0 Å². The van der Waals surface area contributed by atoms with E-state index in [0.29, 0.717) is 18.2 Å². The first-order valence-electron chi connectivity index (χ1n) is 8.09. The van der Waals surface area contributed by atoms with Crippen LogP contribution in [0.15, 0.2) is 23.0 Å². The first kappa shape index (κ1) is 13.8. The van der Waals surface area contributed by atoms with Crippen LogP contribution in [-0.2, 0) is 16.0 Å². The highest BCUT2D eigenvalue weighted by molar-refractivity contribution is 5.07. The van der Waals surface area contributed by atoms with E-state index in [4.69, 9.17) is 13.9 Å². The number of hydrogen-bond acceptors (Lipinski definition) is 5. The summed E-state index contributed by atoms with van der Waals surface area (Å²) in [6, 6.07) is 2.57. The highest BCUT2D eigenvalue weighted by Crippen LogP contribution is 2.26. The highest BCUT2D eigenvalue weighted by Gasteiger charge is 2.40. The molecule has 5 heteroatoms. The number of likely N-dealkylation sites (tertiary alicyclic amines) is 1. The molecule has 5 nitrogen and oxygen atoms in total. The molecule has 0 spiro atoms. The van der Waals surface area contributed by atoms with Gasteiger partial charge >= 0.3 is 0 Å². The van der Waals surface area contributed by atoms with Crippen molar-refractivity contribution in [2.24, 2.45) is 0 Å². The van der Waals surface area contributed by atoms with Gasteiger partial charge in [-0.05, 0) is 18.9 Å². The van der Waals surface area contributed by atoms with Crippen molar-refractivity contribution in [2.75, 3.05) is 39.4 Å². The van der Waals surface area contributed by atoms with Gasteiger partial charge in [0.05, 0.1) is 31.3 Å². The molecule has 4 rings (SSSR count). The van der Waals surface area contributed by atoms with E-state index < -0.39 is 0 Å². The normalized spacial score (nSPS) is 34.4. The minimum absolute atomic E-state index is 0.354. The van der Waals surface area contributed by atoms with Crippen LogP contribution in [0.1, 0.15) is 18.4 Å². The van der Waals surface area contributed by atoms with Gasteiger partial charge in [0.2, 0.25) is 0 Å². The zero-order chi connectivity index (χ0) is 14.1. The third-order valence-corrected chi connectivity index (χ3v) is 4.94. The molecule has 3 fully saturated rings. The fourth-order valence-corrected chi connectivity index (χ4v) is 3.88. The van der Waals surface area contributed by atoms with Crippen molar-refractivity contribution in [3.63, 3.8) is 0 Å². The Morgan fingerprint density at radius 3 is 3.00 bits per heavy atom. The van der Waals surface area contributed by atoms with Gasteiger partial charge in [-0.1, -0.05) is 0 Å². The van der Waals surface area contributed by atoms with Gasteiger partial charge in [0, 0.05) is 50.9 Å². The van der Waals surface area contributed by atoms with Crippen LogP contribution in [0.4, 0.5) is 0 Å². The second kappa shape index (κ2) is 6.08. The second-order valence-corrected chi connectivity index (χ2v) is 6.43. The van der Waals surface area contributed by atoms with Crippen molar-refractivity contribution in [1.29, 1.82) is 0 Å². The summed E-state index contributed by atoms with van der Waals surface area (Å²) in [6.45, 7) is 6.98. The number of ether oxygens (including phenoxy) is 2. The Balaban J connectivity index is 1.37. The average Bonchev–Trinajstić information content (AvgIpc) is 3.20. The van der Waals surface area contributed by atoms with Gasteiger partial charge in [-0.15, -0.1) is 0 Å². The Morgan fingerprint density at radius 2 is 2.19 bits per heavy atom. The second-order valence-electron chi connectivity index (χ2n) is 6.43. The zero-order valence-electron chi connectivity index (χ0n) is 12.4. The molecule has 1 aromatic heterocycles. The quantitative estimate of drug-likeness (QED) is 0.837. The standard InChI is InChI=1S/C16H24N2O3/c1-2-14(20-5-1)9-18-4-7-21-16-11-17(10-15(16)18)8-13-3-6-19-12-13/h3,6,12,14-16H,1-2,4-5,7-11H2/t14?,15-,16+/m1/s1. The van der Waals surface area contributed by atoms with Crippen molar-refractivity contribution in [1.82, 2.24) is 9.80 Å². The maximum Gasteiger partial charge on any atom is 0.0947 e. The van der Waals surface area contributed by atoms with E-state index in [0.717, 1.165) is 45.9 Å². The summed E-state index contributed by atoms with van der Waals surface area (Å²) < 4.78 is 17.0. The van der Waals surface area contributed by atoms with Gasteiger partial charge in [0.25, 0.3) is 0 Å². The van der Waals surface area contributed by atoms with Crippen LogP contribution < -0.4 is 0 Å². The van der Waals surface area contributed by atoms with Crippen molar-refractivity contribution in [2.45, 2.75) is 37.6 Å². The summed E-state index contributed by atoms with van der Waals surface area (Å²) in [7, 11) is 0. The summed E-state index contributed by atoms with van der Waals surface area (Å²) in [5, 5.41) is 0. The molecule has 0 bridgehead atoms. The topological polar surface area (TPSA) is 38.1 Å². The van der Waals surface area contributed by atoms with Crippen LogP contribution in [-0.4, -0.2) is 67.4 Å². The molecule has 0 radical (unpaired) electrons. The molecule has 3 aliphatic rings. The third kappa shape index (κ3) is 3.01. The summed E-state index contributed by atoms with van der Waals surface area (Å²) in [5.74, 6) is 0. The Morgan fingerprint density at radius 1 is 1.19 bits per heavy atom. The molecule has 1 aromatic rings. The minimum atomic E-state index is 0.354. The van der Waals surface area contributed by atoms with E-state index >= 15 is 0 Å². The van der Waals surface area contributed by atoms with E-state index in [2.05, 4.69) is 9.80 Å². The van der Waals surface area contributed by atoms with Crippen molar-refractivity contribution >= 4 is 0 Å². The predicted molar refractivity (Wildman–Crippen MR) is 78.1 cm³/mol. The van der Waals surface area contributed by atoms with Gasteiger partial charge < -0.3 is 13.9 Å². The van der Waals surface area contributed by atoms with Gasteiger partial charge in [-0.3, -0.25) is 9.80 Å². The minimum Gasteiger partial charge on any atom is -0.472 e. The molecule has 116 valence electrons. The fourth-order valence-electron chi connectivity index (χ4n) is 3.88. The molecule has 1 unspecified atom stereocenters. The zero-order valence-corrected chi connectivity index (χ0v) is 12.4. The predicted octanol–water partition coefficient (Wildman–Crippen LogP) is 1.34. The maximum atomic E-state index is 6.00. The number of nitrogens with zero attached hydrogens (tertiary/aromatic N) is 2. The average molecular weight is 292 g/mol. The van der Waals surface area contributed by atoms with Gasteiger partial charge in [-0.2, -0.15) is 0 Å². The molecule has 0 aromatic carbocycles. The summed E-state index contributed by atoms with van der Waals surface area (Å²) in [6.07, 6.45) is 6.81. The lowest BCUT2D eigenvalue weighted by atomic mass is 10.1. The molecule has 4 heterocycles. The van der Waals surface area contributed by atoms with Crippen LogP contribution in [0.2, 0.25) is 0 Å². The molecule has 3 saturated heterocycles. The number of rotatable bonds is 4. The van der Waals surface area contributed by atoms with Crippen LogP contribution >= 0.6 is 0 Å². The molecular formula is C16H24N2O3.